The first-order chi connectivity index (χ1) is 12.5. The van der Waals surface area contributed by atoms with Gasteiger partial charge in [-0.05, 0) is 42.5 Å². The molecule has 0 aliphatic heterocycles. The van der Waals surface area contributed by atoms with E-state index in [1.54, 1.807) is 12.1 Å². The topological polar surface area (TPSA) is 80.6 Å². The molecule has 0 saturated heterocycles. The Hall–Kier alpha value is -2.68. The van der Waals surface area contributed by atoms with Gasteiger partial charge in [0.2, 0.25) is 5.75 Å². The maximum Gasteiger partial charge on any atom is 0.262 e. The first-order valence-electron chi connectivity index (χ1n) is 8.76. The molecule has 1 aliphatic rings. The molecule has 26 heavy (non-hydrogen) atoms. The number of nitriles is 1. The van der Waals surface area contributed by atoms with Crippen molar-refractivity contribution in [2.24, 2.45) is 5.92 Å². The van der Waals surface area contributed by atoms with Crippen LogP contribution in [0.4, 0.5) is 0 Å². The molecule has 0 bridgehead atoms. The number of benzene rings is 1. The number of carbonyl (C=O) groups is 1. The highest BCUT2D eigenvalue weighted by Crippen LogP contribution is 2.38. The lowest BCUT2D eigenvalue weighted by Gasteiger charge is -2.29. The summed E-state index contributed by atoms with van der Waals surface area (Å²) >= 11 is 0. The Morgan fingerprint density at radius 2 is 1.77 bits per heavy atom. The van der Waals surface area contributed by atoms with Crippen LogP contribution < -0.4 is 19.5 Å². The number of nitrogens with zero attached hydrogens (tertiary/aromatic N) is 1. The standard InChI is InChI=1S/C20H26N2O4/c1-13-7-5-6-8-16(13)22-20(23)15(12-21)9-14-10-17(24-2)19(26-4)18(11-14)25-3/h9-11,13,16H,5-8H2,1-4H3,(H,22,23)/b15-9+/t13-,16-/m0/s1. The summed E-state index contributed by atoms with van der Waals surface area (Å²) in [5.41, 5.74) is 0.680. The van der Waals surface area contributed by atoms with Crippen LogP contribution in [0.1, 0.15) is 38.2 Å². The van der Waals surface area contributed by atoms with Gasteiger partial charge in [0.15, 0.2) is 11.5 Å². The Labute approximate surface area is 154 Å². The number of rotatable bonds is 6. The molecular weight excluding hydrogens is 332 g/mol. The largest absolute Gasteiger partial charge is 0.493 e. The summed E-state index contributed by atoms with van der Waals surface area (Å²) in [5, 5.41) is 12.4. The zero-order chi connectivity index (χ0) is 19.1. The summed E-state index contributed by atoms with van der Waals surface area (Å²) in [7, 11) is 4.57. The lowest BCUT2D eigenvalue weighted by atomic mass is 9.86. The third kappa shape index (κ3) is 4.48. The van der Waals surface area contributed by atoms with Crippen molar-refractivity contribution >= 4 is 12.0 Å². The first-order valence-corrected chi connectivity index (χ1v) is 8.76. The maximum atomic E-state index is 12.5. The van der Waals surface area contributed by atoms with Crippen LogP contribution in [0.15, 0.2) is 17.7 Å². The minimum absolute atomic E-state index is 0.0528. The van der Waals surface area contributed by atoms with E-state index in [0.29, 0.717) is 28.7 Å². The lowest BCUT2D eigenvalue weighted by Crippen LogP contribution is -2.41. The lowest BCUT2D eigenvalue weighted by molar-refractivity contribution is -0.118. The summed E-state index contributed by atoms with van der Waals surface area (Å²) in [6.07, 6.45) is 5.89. The number of amides is 1. The number of hydrogen-bond acceptors (Lipinski definition) is 5. The molecule has 0 spiro atoms. The van der Waals surface area contributed by atoms with Crippen LogP contribution in [0.3, 0.4) is 0 Å². The third-order valence-electron chi connectivity index (χ3n) is 4.79. The molecule has 2 rings (SSSR count). The third-order valence-corrected chi connectivity index (χ3v) is 4.79. The van der Waals surface area contributed by atoms with Crippen LogP contribution in [-0.2, 0) is 4.79 Å². The Balaban J connectivity index is 2.27. The SMILES string of the molecule is COc1cc(/C=C(\C#N)C(=O)N[C@H]2CCCC[C@@H]2C)cc(OC)c1OC. The Bertz CT molecular complexity index is 696. The van der Waals surface area contributed by atoms with Gasteiger partial charge in [-0.3, -0.25) is 4.79 Å². The van der Waals surface area contributed by atoms with E-state index in [9.17, 15) is 10.1 Å². The molecule has 0 heterocycles. The van der Waals surface area contributed by atoms with Crippen molar-refractivity contribution in [1.29, 1.82) is 5.26 Å². The molecular formula is C20H26N2O4. The van der Waals surface area contributed by atoms with Crippen LogP contribution in [0.2, 0.25) is 0 Å². The van der Waals surface area contributed by atoms with Gasteiger partial charge in [0.05, 0.1) is 21.3 Å². The molecule has 1 aromatic carbocycles. The molecule has 2 atom stereocenters. The number of hydrogen-bond donors (Lipinski definition) is 1. The van der Waals surface area contributed by atoms with Crippen molar-refractivity contribution in [2.75, 3.05) is 21.3 Å². The van der Waals surface area contributed by atoms with E-state index in [1.165, 1.54) is 33.8 Å². The van der Waals surface area contributed by atoms with Crippen molar-refractivity contribution in [3.8, 4) is 23.3 Å². The molecule has 140 valence electrons. The number of methoxy groups -OCH3 is 3. The number of nitrogens with one attached hydrogen (secondary N) is 1. The average Bonchev–Trinajstić information content (AvgIpc) is 2.66. The van der Waals surface area contributed by atoms with Crippen LogP contribution in [0, 0.1) is 17.2 Å². The van der Waals surface area contributed by atoms with Crippen molar-refractivity contribution in [3.05, 3.63) is 23.3 Å². The fourth-order valence-electron chi connectivity index (χ4n) is 3.28. The molecule has 1 amide bonds. The summed E-state index contributed by atoms with van der Waals surface area (Å²) in [6.45, 7) is 2.14. The molecule has 1 aliphatic carbocycles. The molecule has 0 unspecified atom stereocenters. The zero-order valence-corrected chi connectivity index (χ0v) is 15.8. The van der Waals surface area contributed by atoms with Gasteiger partial charge in [-0.2, -0.15) is 5.26 Å². The molecule has 0 aromatic heterocycles. The fourth-order valence-corrected chi connectivity index (χ4v) is 3.28. The van der Waals surface area contributed by atoms with Gasteiger partial charge < -0.3 is 19.5 Å². The minimum Gasteiger partial charge on any atom is -0.493 e. The summed E-state index contributed by atoms with van der Waals surface area (Å²) in [6, 6.07) is 5.52. The second kappa shape index (κ2) is 9.14. The monoisotopic (exact) mass is 358 g/mol. The van der Waals surface area contributed by atoms with Gasteiger partial charge in [-0.1, -0.05) is 19.8 Å². The van der Waals surface area contributed by atoms with E-state index >= 15 is 0 Å². The highest BCUT2D eigenvalue weighted by atomic mass is 16.5. The molecule has 1 saturated carbocycles. The molecule has 6 nitrogen and oxygen atoms in total. The van der Waals surface area contributed by atoms with Gasteiger partial charge in [0.25, 0.3) is 5.91 Å². The second-order valence-electron chi connectivity index (χ2n) is 6.47. The van der Waals surface area contributed by atoms with Crippen LogP contribution >= 0.6 is 0 Å². The Morgan fingerprint density at radius 3 is 2.27 bits per heavy atom. The van der Waals surface area contributed by atoms with E-state index in [-0.39, 0.29) is 17.5 Å². The number of ether oxygens (including phenoxy) is 3. The summed E-state index contributed by atoms with van der Waals surface area (Å²) in [5.74, 6) is 1.48. The van der Waals surface area contributed by atoms with Crippen LogP contribution in [0.25, 0.3) is 6.08 Å². The van der Waals surface area contributed by atoms with Gasteiger partial charge in [-0.25, -0.2) is 0 Å². The second-order valence-corrected chi connectivity index (χ2v) is 6.47. The smallest absolute Gasteiger partial charge is 0.262 e. The molecule has 0 radical (unpaired) electrons. The number of carbonyl (C=O) groups excluding carboxylic acids is 1. The maximum absolute atomic E-state index is 12.5. The van der Waals surface area contributed by atoms with Gasteiger partial charge in [-0.15, -0.1) is 0 Å². The van der Waals surface area contributed by atoms with Crippen molar-refractivity contribution in [3.63, 3.8) is 0 Å². The van der Waals surface area contributed by atoms with E-state index in [1.807, 2.05) is 6.07 Å². The highest BCUT2D eigenvalue weighted by Gasteiger charge is 2.24. The zero-order valence-electron chi connectivity index (χ0n) is 15.8. The summed E-state index contributed by atoms with van der Waals surface area (Å²) in [4.78, 5) is 12.5. The van der Waals surface area contributed by atoms with E-state index in [2.05, 4.69) is 12.2 Å². The van der Waals surface area contributed by atoms with E-state index < -0.39 is 0 Å². The first kappa shape index (κ1) is 19.6. The van der Waals surface area contributed by atoms with Crippen molar-refractivity contribution in [2.45, 2.75) is 38.6 Å². The van der Waals surface area contributed by atoms with Crippen molar-refractivity contribution in [1.82, 2.24) is 5.32 Å². The predicted octanol–water partition coefficient (Wildman–Crippen LogP) is 3.31. The molecule has 1 N–H and O–H groups in total. The quantitative estimate of drug-likeness (QED) is 0.623. The van der Waals surface area contributed by atoms with Crippen LogP contribution in [0.5, 0.6) is 17.2 Å². The van der Waals surface area contributed by atoms with E-state index in [4.69, 9.17) is 14.2 Å². The Morgan fingerprint density at radius 1 is 1.15 bits per heavy atom. The van der Waals surface area contributed by atoms with Gasteiger partial charge >= 0.3 is 0 Å². The van der Waals surface area contributed by atoms with E-state index in [0.717, 1.165) is 19.3 Å². The minimum atomic E-state index is -0.347. The van der Waals surface area contributed by atoms with Gasteiger partial charge in [0, 0.05) is 6.04 Å². The van der Waals surface area contributed by atoms with Gasteiger partial charge in [0.1, 0.15) is 11.6 Å². The molecule has 1 fully saturated rings. The van der Waals surface area contributed by atoms with Crippen LogP contribution in [-0.4, -0.2) is 33.3 Å². The fraction of sp³-hybridized carbons (Fsp3) is 0.500. The molecule has 6 heteroatoms. The Kier molecular flexibility index (Phi) is 6.90. The summed E-state index contributed by atoms with van der Waals surface area (Å²) < 4.78 is 15.9. The highest BCUT2D eigenvalue weighted by molar-refractivity contribution is 6.02. The average molecular weight is 358 g/mol. The normalized spacial score (nSPS) is 20.0. The van der Waals surface area contributed by atoms with Crippen molar-refractivity contribution < 1.29 is 19.0 Å². The molecule has 1 aromatic rings. The predicted molar refractivity (Wildman–Crippen MR) is 99.3 cm³/mol.